The van der Waals surface area contributed by atoms with Gasteiger partial charge in [-0.25, -0.2) is 0 Å². The van der Waals surface area contributed by atoms with Gasteiger partial charge in [0, 0.05) is 39.0 Å². The zero-order valence-corrected chi connectivity index (χ0v) is 11.3. The maximum Gasteiger partial charge on any atom is 0.0468 e. The van der Waals surface area contributed by atoms with E-state index in [1.807, 2.05) is 6.92 Å². The first-order valence-electron chi connectivity index (χ1n) is 6.16. The van der Waals surface area contributed by atoms with Crippen molar-refractivity contribution in [2.45, 2.75) is 19.9 Å². The Labute approximate surface area is 104 Å². The third kappa shape index (κ3) is 4.02. The molecule has 3 heteroatoms. The number of hydrogen-bond donors (Lipinski definition) is 2. The molecule has 0 fully saturated rings. The van der Waals surface area contributed by atoms with Crippen LogP contribution >= 0.6 is 0 Å². The van der Waals surface area contributed by atoms with Gasteiger partial charge in [-0.3, -0.25) is 0 Å². The van der Waals surface area contributed by atoms with E-state index < -0.39 is 0 Å². The predicted octanol–water partition coefficient (Wildman–Crippen LogP) is 2.03. The van der Waals surface area contributed by atoms with Gasteiger partial charge in [0.2, 0.25) is 0 Å². The average Bonchev–Trinajstić information content (AvgIpc) is 2.35. The summed E-state index contributed by atoms with van der Waals surface area (Å²) in [7, 11) is 4.11. The molecular weight excluding hydrogens is 212 g/mol. The predicted molar refractivity (Wildman–Crippen MR) is 73.4 cm³/mol. The van der Waals surface area contributed by atoms with Gasteiger partial charge in [0.05, 0.1) is 0 Å². The number of hydrogen-bond acceptors (Lipinski definition) is 3. The molecule has 0 amide bonds. The van der Waals surface area contributed by atoms with Crippen molar-refractivity contribution in [3.8, 4) is 0 Å². The second kappa shape index (κ2) is 6.62. The number of aliphatic hydroxyl groups excluding tert-OH is 1. The van der Waals surface area contributed by atoms with Gasteiger partial charge in [-0.05, 0) is 24.5 Å². The Kier molecular flexibility index (Phi) is 5.45. The lowest BCUT2D eigenvalue weighted by atomic mass is 10.0. The molecule has 3 nitrogen and oxygen atoms in total. The first-order valence-corrected chi connectivity index (χ1v) is 6.16. The van der Waals surface area contributed by atoms with Gasteiger partial charge in [-0.2, -0.15) is 0 Å². The van der Waals surface area contributed by atoms with Crippen LogP contribution in [0.25, 0.3) is 0 Å². The Bertz CT molecular complexity index is 339. The van der Waals surface area contributed by atoms with Crippen LogP contribution in [0.5, 0.6) is 0 Å². The van der Waals surface area contributed by atoms with Crippen molar-refractivity contribution in [1.82, 2.24) is 5.32 Å². The van der Waals surface area contributed by atoms with Crippen LogP contribution in [0.3, 0.4) is 0 Å². The fourth-order valence-electron chi connectivity index (χ4n) is 1.81. The standard InChI is InChI=1S/C14H24N2O/c1-11(10-17)9-15-12(2)13-7-5-6-8-14(13)16(3)4/h5-8,11-12,15,17H,9-10H2,1-4H3. The lowest BCUT2D eigenvalue weighted by Crippen LogP contribution is -2.27. The summed E-state index contributed by atoms with van der Waals surface area (Å²) >= 11 is 0. The van der Waals surface area contributed by atoms with E-state index in [1.165, 1.54) is 11.3 Å². The molecule has 17 heavy (non-hydrogen) atoms. The SMILES string of the molecule is CC(CO)CNC(C)c1ccccc1N(C)C. The molecule has 0 spiro atoms. The van der Waals surface area contributed by atoms with Crippen LogP contribution in [0, 0.1) is 5.92 Å². The maximum absolute atomic E-state index is 9.01. The number of nitrogens with one attached hydrogen (secondary N) is 1. The van der Waals surface area contributed by atoms with E-state index in [9.17, 15) is 0 Å². The molecule has 0 saturated heterocycles. The van der Waals surface area contributed by atoms with E-state index in [1.54, 1.807) is 0 Å². The Hall–Kier alpha value is -1.06. The highest BCUT2D eigenvalue weighted by molar-refractivity contribution is 5.53. The highest BCUT2D eigenvalue weighted by Gasteiger charge is 2.11. The van der Waals surface area contributed by atoms with Crippen molar-refractivity contribution in [3.05, 3.63) is 29.8 Å². The smallest absolute Gasteiger partial charge is 0.0468 e. The molecule has 0 aromatic heterocycles. The molecule has 0 aliphatic heterocycles. The fraction of sp³-hybridized carbons (Fsp3) is 0.571. The highest BCUT2D eigenvalue weighted by atomic mass is 16.3. The third-order valence-electron chi connectivity index (χ3n) is 2.97. The summed E-state index contributed by atoms with van der Waals surface area (Å²) in [6, 6.07) is 8.69. The number of para-hydroxylation sites is 1. The third-order valence-corrected chi connectivity index (χ3v) is 2.97. The molecule has 0 aliphatic carbocycles. The van der Waals surface area contributed by atoms with Gasteiger partial charge in [0.25, 0.3) is 0 Å². The normalized spacial score (nSPS) is 14.4. The second-order valence-electron chi connectivity index (χ2n) is 4.87. The summed E-state index contributed by atoms with van der Waals surface area (Å²) in [6.07, 6.45) is 0. The molecule has 1 rings (SSSR count). The molecule has 0 aliphatic rings. The van der Waals surface area contributed by atoms with Gasteiger partial charge in [-0.1, -0.05) is 25.1 Å². The summed E-state index contributed by atoms with van der Waals surface area (Å²) in [6.45, 7) is 5.26. The first kappa shape index (κ1) is 14.0. The van der Waals surface area contributed by atoms with Crippen LogP contribution < -0.4 is 10.2 Å². The first-order chi connectivity index (χ1) is 8.06. The number of anilines is 1. The van der Waals surface area contributed by atoms with Gasteiger partial charge in [-0.15, -0.1) is 0 Å². The number of rotatable bonds is 6. The zero-order valence-electron chi connectivity index (χ0n) is 11.3. The molecule has 0 heterocycles. The molecule has 2 atom stereocenters. The topological polar surface area (TPSA) is 35.5 Å². The lowest BCUT2D eigenvalue weighted by Gasteiger charge is -2.23. The van der Waals surface area contributed by atoms with Gasteiger partial charge >= 0.3 is 0 Å². The molecule has 1 aromatic carbocycles. The van der Waals surface area contributed by atoms with Crippen LogP contribution in [-0.2, 0) is 0 Å². The Morgan fingerprint density at radius 3 is 2.47 bits per heavy atom. The Morgan fingerprint density at radius 2 is 1.88 bits per heavy atom. The van der Waals surface area contributed by atoms with E-state index in [-0.39, 0.29) is 6.61 Å². The van der Waals surface area contributed by atoms with Crippen molar-refractivity contribution in [2.75, 3.05) is 32.1 Å². The number of nitrogens with zero attached hydrogens (tertiary/aromatic N) is 1. The van der Waals surface area contributed by atoms with Crippen LogP contribution in [0.1, 0.15) is 25.5 Å². The summed E-state index contributed by atoms with van der Waals surface area (Å²) in [5.74, 6) is 0.295. The monoisotopic (exact) mass is 236 g/mol. The Morgan fingerprint density at radius 1 is 1.24 bits per heavy atom. The number of benzene rings is 1. The van der Waals surface area contributed by atoms with Crippen molar-refractivity contribution in [2.24, 2.45) is 5.92 Å². The molecule has 1 aromatic rings. The summed E-state index contributed by atoms with van der Waals surface area (Å²) in [5, 5.41) is 12.5. The zero-order chi connectivity index (χ0) is 12.8. The molecule has 2 unspecified atom stereocenters. The molecule has 96 valence electrons. The molecule has 0 radical (unpaired) electrons. The van der Waals surface area contributed by atoms with Gasteiger partial charge in [0.15, 0.2) is 0 Å². The second-order valence-corrected chi connectivity index (χ2v) is 4.87. The van der Waals surface area contributed by atoms with E-state index in [2.05, 4.69) is 55.5 Å². The van der Waals surface area contributed by atoms with Crippen LogP contribution in [0.2, 0.25) is 0 Å². The minimum absolute atomic E-state index is 0.231. The van der Waals surface area contributed by atoms with Crippen molar-refractivity contribution < 1.29 is 5.11 Å². The van der Waals surface area contributed by atoms with Crippen LogP contribution in [0.4, 0.5) is 5.69 Å². The minimum Gasteiger partial charge on any atom is -0.396 e. The van der Waals surface area contributed by atoms with Crippen molar-refractivity contribution in [3.63, 3.8) is 0 Å². The Balaban J connectivity index is 2.71. The maximum atomic E-state index is 9.01. The largest absolute Gasteiger partial charge is 0.396 e. The molecule has 0 saturated carbocycles. The van der Waals surface area contributed by atoms with E-state index in [0.29, 0.717) is 12.0 Å². The molecule has 2 N–H and O–H groups in total. The van der Waals surface area contributed by atoms with Crippen molar-refractivity contribution >= 4 is 5.69 Å². The van der Waals surface area contributed by atoms with Crippen LogP contribution in [0.15, 0.2) is 24.3 Å². The average molecular weight is 236 g/mol. The molecule has 0 bridgehead atoms. The highest BCUT2D eigenvalue weighted by Crippen LogP contribution is 2.24. The van der Waals surface area contributed by atoms with Crippen LogP contribution in [-0.4, -0.2) is 32.4 Å². The van der Waals surface area contributed by atoms with E-state index >= 15 is 0 Å². The number of aliphatic hydroxyl groups is 1. The quantitative estimate of drug-likeness (QED) is 0.793. The molecular formula is C14H24N2O. The van der Waals surface area contributed by atoms with Crippen molar-refractivity contribution in [1.29, 1.82) is 0 Å². The van der Waals surface area contributed by atoms with Gasteiger partial charge in [0.1, 0.15) is 0 Å². The summed E-state index contributed by atoms with van der Waals surface area (Å²) in [5.41, 5.74) is 2.53. The minimum atomic E-state index is 0.231. The lowest BCUT2D eigenvalue weighted by molar-refractivity contribution is 0.231. The van der Waals surface area contributed by atoms with E-state index in [4.69, 9.17) is 5.11 Å². The summed E-state index contributed by atoms with van der Waals surface area (Å²) in [4.78, 5) is 2.13. The van der Waals surface area contributed by atoms with E-state index in [0.717, 1.165) is 6.54 Å². The fourth-order valence-corrected chi connectivity index (χ4v) is 1.81. The summed E-state index contributed by atoms with van der Waals surface area (Å²) < 4.78 is 0. The van der Waals surface area contributed by atoms with Gasteiger partial charge < -0.3 is 15.3 Å².